The van der Waals surface area contributed by atoms with Gasteiger partial charge in [-0.25, -0.2) is 0 Å². The molecule has 0 unspecified atom stereocenters. The second-order valence-corrected chi connectivity index (χ2v) is 7.54. The first-order chi connectivity index (χ1) is 10.1. The van der Waals surface area contributed by atoms with Crippen molar-refractivity contribution in [3.8, 4) is 0 Å². The van der Waals surface area contributed by atoms with Crippen molar-refractivity contribution in [1.82, 2.24) is 4.90 Å². The van der Waals surface area contributed by atoms with Crippen LogP contribution in [-0.2, 0) is 10.4 Å². The number of thiophene rings is 2. The number of piperidine rings is 1. The van der Waals surface area contributed by atoms with Crippen LogP contribution in [-0.4, -0.2) is 29.0 Å². The van der Waals surface area contributed by atoms with E-state index >= 15 is 0 Å². The summed E-state index contributed by atoms with van der Waals surface area (Å²) in [5.41, 5.74) is -1.52. The lowest BCUT2D eigenvalue weighted by molar-refractivity contribution is -0.149. The smallest absolute Gasteiger partial charge is 0.265 e. The Morgan fingerprint density at radius 3 is 2.14 bits per heavy atom. The van der Waals surface area contributed by atoms with Gasteiger partial charge in [0.05, 0.1) is 9.75 Å². The minimum absolute atomic E-state index is 0.181. The largest absolute Gasteiger partial charge is 0.371 e. The van der Waals surface area contributed by atoms with Crippen LogP contribution < -0.4 is 0 Å². The average molecular weight is 321 g/mol. The van der Waals surface area contributed by atoms with Crippen molar-refractivity contribution in [2.45, 2.75) is 25.4 Å². The summed E-state index contributed by atoms with van der Waals surface area (Å²) in [4.78, 5) is 16.2. The number of rotatable bonds is 3. The molecule has 3 nitrogen and oxygen atoms in total. The van der Waals surface area contributed by atoms with Crippen molar-refractivity contribution in [2.24, 2.45) is 5.92 Å². The molecule has 0 radical (unpaired) electrons. The van der Waals surface area contributed by atoms with Gasteiger partial charge in [0.1, 0.15) is 0 Å². The van der Waals surface area contributed by atoms with Gasteiger partial charge in [-0.05, 0) is 41.7 Å². The molecule has 0 atom stereocenters. The summed E-state index contributed by atoms with van der Waals surface area (Å²) in [6.07, 6.45) is 2.02. The quantitative estimate of drug-likeness (QED) is 0.942. The van der Waals surface area contributed by atoms with E-state index in [0.717, 1.165) is 25.9 Å². The summed E-state index contributed by atoms with van der Waals surface area (Å²) in [6.45, 7) is 3.69. The van der Waals surface area contributed by atoms with Gasteiger partial charge in [-0.3, -0.25) is 4.79 Å². The molecule has 3 heterocycles. The molecular weight excluding hydrogens is 302 g/mol. The zero-order chi connectivity index (χ0) is 14.9. The number of nitrogens with zero attached hydrogens (tertiary/aromatic N) is 1. The zero-order valence-corrected chi connectivity index (χ0v) is 13.6. The normalized spacial score (nSPS) is 17.1. The molecule has 0 bridgehead atoms. The minimum Gasteiger partial charge on any atom is -0.371 e. The molecule has 112 valence electrons. The van der Waals surface area contributed by atoms with Crippen LogP contribution in [0.25, 0.3) is 0 Å². The van der Waals surface area contributed by atoms with Crippen molar-refractivity contribution < 1.29 is 9.90 Å². The van der Waals surface area contributed by atoms with Crippen molar-refractivity contribution >= 4 is 28.6 Å². The molecule has 2 aromatic rings. The van der Waals surface area contributed by atoms with Gasteiger partial charge in [0, 0.05) is 13.1 Å². The van der Waals surface area contributed by atoms with E-state index in [0.29, 0.717) is 15.7 Å². The van der Waals surface area contributed by atoms with Crippen molar-refractivity contribution in [3.63, 3.8) is 0 Å². The summed E-state index contributed by atoms with van der Waals surface area (Å²) < 4.78 is 0. The third kappa shape index (κ3) is 2.65. The van der Waals surface area contributed by atoms with E-state index in [4.69, 9.17) is 0 Å². The predicted molar refractivity (Wildman–Crippen MR) is 86.6 cm³/mol. The Balaban J connectivity index is 1.95. The van der Waals surface area contributed by atoms with Crippen molar-refractivity contribution in [1.29, 1.82) is 0 Å². The Labute approximate surface area is 132 Å². The molecule has 0 saturated carbocycles. The highest BCUT2D eigenvalue weighted by Gasteiger charge is 2.45. The Morgan fingerprint density at radius 1 is 1.19 bits per heavy atom. The maximum Gasteiger partial charge on any atom is 0.265 e. The standard InChI is InChI=1S/C16H19NO2S2/c1-12-6-8-17(9-7-12)15(18)16(19,13-4-2-10-20-13)14-5-3-11-21-14/h2-5,10-12,19H,6-9H2,1H3. The number of carbonyl (C=O) groups is 1. The second kappa shape index (κ2) is 5.91. The number of likely N-dealkylation sites (tertiary alicyclic amines) is 1. The van der Waals surface area contributed by atoms with Crippen LogP contribution in [0.3, 0.4) is 0 Å². The van der Waals surface area contributed by atoms with Crippen molar-refractivity contribution in [3.05, 3.63) is 44.8 Å². The maximum atomic E-state index is 13.0. The third-order valence-corrected chi connectivity index (χ3v) is 6.09. The summed E-state index contributed by atoms with van der Waals surface area (Å²) in [6, 6.07) is 7.44. The van der Waals surface area contributed by atoms with E-state index in [1.807, 2.05) is 39.9 Å². The predicted octanol–water partition coefficient (Wildman–Crippen LogP) is 3.30. The van der Waals surface area contributed by atoms with Gasteiger partial charge >= 0.3 is 0 Å². The molecule has 2 aromatic heterocycles. The molecule has 1 amide bonds. The van der Waals surface area contributed by atoms with Crippen LogP contribution in [0.2, 0.25) is 0 Å². The summed E-state index contributed by atoms with van der Waals surface area (Å²) in [7, 11) is 0. The Morgan fingerprint density at radius 2 is 1.71 bits per heavy atom. The van der Waals surface area contributed by atoms with E-state index in [9.17, 15) is 9.90 Å². The Kier molecular flexibility index (Phi) is 4.15. The topological polar surface area (TPSA) is 40.5 Å². The van der Waals surface area contributed by atoms with E-state index in [2.05, 4.69) is 6.92 Å². The van der Waals surface area contributed by atoms with Crippen LogP contribution in [0.5, 0.6) is 0 Å². The fourth-order valence-corrected chi connectivity index (χ4v) is 4.46. The lowest BCUT2D eigenvalue weighted by Crippen LogP contribution is -2.49. The molecule has 5 heteroatoms. The molecule has 21 heavy (non-hydrogen) atoms. The van der Waals surface area contributed by atoms with E-state index in [1.165, 1.54) is 22.7 Å². The lowest BCUT2D eigenvalue weighted by atomic mass is 9.94. The Hall–Kier alpha value is -1.17. The maximum absolute atomic E-state index is 13.0. The molecule has 1 aliphatic rings. The van der Waals surface area contributed by atoms with E-state index < -0.39 is 5.60 Å². The number of hydrogen-bond donors (Lipinski definition) is 1. The molecule has 1 fully saturated rings. The fourth-order valence-electron chi connectivity index (χ4n) is 2.74. The van der Waals surface area contributed by atoms with E-state index in [1.54, 1.807) is 0 Å². The molecule has 0 aliphatic carbocycles. The number of carbonyl (C=O) groups excluding carboxylic acids is 1. The first kappa shape index (κ1) is 14.8. The SMILES string of the molecule is CC1CCN(C(=O)C(O)(c2cccs2)c2cccs2)CC1. The molecule has 1 saturated heterocycles. The molecule has 0 aromatic carbocycles. The Bertz CT molecular complexity index is 550. The monoisotopic (exact) mass is 321 g/mol. The first-order valence-corrected chi connectivity index (χ1v) is 8.98. The molecule has 1 aliphatic heterocycles. The molecule has 3 rings (SSSR count). The van der Waals surface area contributed by atoms with Crippen LogP contribution in [0.4, 0.5) is 0 Å². The van der Waals surface area contributed by atoms with Gasteiger partial charge in [0.15, 0.2) is 0 Å². The lowest BCUT2D eigenvalue weighted by Gasteiger charge is -2.36. The van der Waals surface area contributed by atoms with Gasteiger partial charge in [-0.2, -0.15) is 0 Å². The van der Waals surface area contributed by atoms with Gasteiger partial charge in [0.25, 0.3) is 5.91 Å². The van der Waals surface area contributed by atoms with Crippen LogP contribution >= 0.6 is 22.7 Å². The highest BCUT2D eigenvalue weighted by molar-refractivity contribution is 7.12. The van der Waals surface area contributed by atoms with Gasteiger partial charge in [0.2, 0.25) is 5.60 Å². The number of amides is 1. The van der Waals surface area contributed by atoms with Gasteiger partial charge in [-0.1, -0.05) is 19.1 Å². The third-order valence-electron chi connectivity index (χ3n) is 4.14. The summed E-state index contributed by atoms with van der Waals surface area (Å²) >= 11 is 2.86. The molecule has 1 N–H and O–H groups in total. The van der Waals surface area contributed by atoms with E-state index in [-0.39, 0.29) is 5.91 Å². The zero-order valence-electron chi connectivity index (χ0n) is 12.0. The van der Waals surface area contributed by atoms with Crippen LogP contribution in [0.1, 0.15) is 29.5 Å². The average Bonchev–Trinajstić information content (AvgIpc) is 3.20. The van der Waals surface area contributed by atoms with Crippen LogP contribution in [0, 0.1) is 5.92 Å². The highest BCUT2D eigenvalue weighted by atomic mass is 32.1. The summed E-state index contributed by atoms with van der Waals surface area (Å²) in [5.74, 6) is 0.477. The van der Waals surface area contributed by atoms with Gasteiger partial charge in [-0.15, -0.1) is 22.7 Å². The van der Waals surface area contributed by atoms with Gasteiger partial charge < -0.3 is 10.0 Å². The van der Waals surface area contributed by atoms with Crippen molar-refractivity contribution in [2.75, 3.05) is 13.1 Å². The fraction of sp³-hybridized carbons (Fsp3) is 0.438. The summed E-state index contributed by atoms with van der Waals surface area (Å²) in [5, 5.41) is 15.1. The molecular formula is C16H19NO2S2. The first-order valence-electron chi connectivity index (χ1n) is 7.22. The van der Waals surface area contributed by atoms with Crippen LogP contribution in [0.15, 0.2) is 35.0 Å². The molecule has 0 spiro atoms. The second-order valence-electron chi connectivity index (χ2n) is 5.64. The number of aliphatic hydroxyl groups is 1. The number of hydrogen-bond acceptors (Lipinski definition) is 4. The highest BCUT2D eigenvalue weighted by Crippen LogP contribution is 2.37. The minimum atomic E-state index is -1.52.